The van der Waals surface area contributed by atoms with E-state index in [2.05, 4.69) is 16.2 Å². The average Bonchev–Trinajstić information content (AvgIpc) is 3.25. The van der Waals surface area contributed by atoms with Gasteiger partial charge < -0.3 is 9.73 Å². The van der Waals surface area contributed by atoms with Gasteiger partial charge in [0, 0.05) is 19.0 Å². The van der Waals surface area contributed by atoms with Crippen molar-refractivity contribution in [3.8, 4) is 0 Å². The van der Waals surface area contributed by atoms with E-state index in [-0.39, 0.29) is 23.9 Å². The second-order valence-corrected chi connectivity index (χ2v) is 6.05. The van der Waals surface area contributed by atoms with Crippen LogP contribution in [-0.4, -0.2) is 18.5 Å². The second-order valence-electron chi connectivity index (χ2n) is 6.05. The van der Waals surface area contributed by atoms with E-state index in [0.717, 1.165) is 24.2 Å². The summed E-state index contributed by atoms with van der Waals surface area (Å²) < 4.78 is 5.33. The highest BCUT2D eigenvalue weighted by atomic mass is 16.3. The third-order valence-electron chi connectivity index (χ3n) is 4.27. The summed E-state index contributed by atoms with van der Waals surface area (Å²) in [6.07, 6.45) is 3.37. The molecule has 3 rings (SSSR count). The number of hydrazine groups is 1. The van der Waals surface area contributed by atoms with E-state index >= 15 is 0 Å². The van der Waals surface area contributed by atoms with E-state index in [4.69, 9.17) is 4.42 Å². The molecule has 3 N–H and O–H groups in total. The molecule has 1 aromatic carbocycles. The number of carbonyl (C=O) groups is 1. The molecule has 0 aliphatic carbocycles. The van der Waals surface area contributed by atoms with Gasteiger partial charge >= 0.3 is 0 Å². The number of hydrogen-bond acceptors (Lipinski definition) is 4. The fourth-order valence-corrected chi connectivity index (χ4v) is 2.95. The summed E-state index contributed by atoms with van der Waals surface area (Å²) in [5.41, 5.74) is 7.44. The standard InChI is InChI=1S/C18H23N3O2/c1-13(9-10-15-8-5-11-23-15)20-18(22)16-12-19-21-17(16)14-6-3-2-4-7-14/h2-8,11,13,16-17,19,21H,9-10,12H2,1H3,(H,20,22). The Morgan fingerprint density at radius 1 is 1.30 bits per heavy atom. The van der Waals surface area contributed by atoms with Crippen LogP contribution >= 0.6 is 0 Å². The van der Waals surface area contributed by atoms with Gasteiger partial charge in [-0.2, -0.15) is 0 Å². The Morgan fingerprint density at radius 3 is 2.87 bits per heavy atom. The van der Waals surface area contributed by atoms with Gasteiger partial charge in [0.2, 0.25) is 5.91 Å². The SMILES string of the molecule is CC(CCc1ccco1)NC(=O)C1CNNC1c1ccccc1. The number of furan rings is 1. The smallest absolute Gasteiger partial charge is 0.226 e. The summed E-state index contributed by atoms with van der Waals surface area (Å²) in [4.78, 5) is 12.6. The molecule has 0 spiro atoms. The Morgan fingerprint density at radius 2 is 2.13 bits per heavy atom. The molecule has 2 heterocycles. The van der Waals surface area contributed by atoms with Crippen molar-refractivity contribution >= 4 is 5.91 Å². The van der Waals surface area contributed by atoms with Gasteiger partial charge in [-0.05, 0) is 31.0 Å². The Bertz CT molecular complexity index is 612. The first-order chi connectivity index (χ1) is 11.2. The quantitative estimate of drug-likeness (QED) is 0.765. The third-order valence-corrected chi connectivity index (χ3v) is 4.27. The van der Waals surface area contributed by atoms with Crippen LogP contribution in [0.4, 0.5) is 0 Å². The number of aryl methyl sites for hydroxylation is 1. The molecule has 1 amide bonds. The topological polar surface area (TPSA) is 66.3 Å². The van der Waals surface area contributed by atoms with E-state index in [1.54, 1.807) is 6.26 Å². The van der Waals surface area contributed by atoms with Crippen molar-refractivity contribution in [3.63, 3.8) is 0 Å². The summed E-state index contributed by atoms with van der Waals surface area (Å²) in [5.74, 6) is 0.934. The first-order valence-corrected chi connectivity index (χ1v) is 8.10. The average molecular weight is 313 g/mol. The molecule has 1 aliphatic rings. The van der Waals surface area contributed by atoms with Crippen LogP contribution < -0.4 is 16.2 Å². The van der Waals surface area contributed by atoms with Crippen molar-refractivity contribution in [1.82, 2.24) is 16.2 Å². The molecular formula is C18H23N3O2. The molecule has 1 aromatic heterocycles. The lowest BCUT2D eigenvalue weighted by Crippen LogP contribution is -2.40. The lowest BCUT2D eigenvalue weighted by molar-refractivity contribution is -0.125. The molecule has 5 nitrogen and oxygen atoms in total. The predicted molar refractivity (Wildman–Crippen MR) is 88.4 cm³/mol. The number of rotatable bonds is 6. The Labute approximate surface area is 136 Å². The van der Waals surface area contributed by atoms with Gasteiger partial charge in [0.15, 0.2) is 0 Å². The maximum Gasteiger partial charge on any atom is 0.226 e. The second kappa shape index (κ2) is 7.44. The van der Waals surface area contributed by atoms with Crippen molar-refractivity contribution in [2.24, 2.45) is 5.92 Å². The molecular weight excluding hydrogens is 290 g/mol. The van der Waals surface area contributed by atoms with Gasteiger partial charge in [-0.3, -0.25) is 10.2 Å². The van der Waals surface area contributed by atoms with Crippen LogP contribution in [0.3, 0.4) is 0 Å². The van der Waals surface area contributed by atoms with E-state index in [9.17, 15) is 4.79 Å². The van der Waals surface area contributed by atoms with Crippen LogP contribution in [-0.2, 0) is 11.2 Å². The lowest BCUT2D eigenvalue weighted by Gasteiger charge is -2.21. The number of amides is 1. The van der Waals surface area contributed by atoms with Crippen LogP contribution in [0, 0.1) is 5.92 Å². The molecule has 1 fully saturated rings. The molecule has 122 valence electrons. The third kappa shape index (κ3) is 4.00. The largest absolute Gasteiger partial charge is 0.469 e. The van der Waals surface area contributed by atoms with Crippen molar-refractivity contribution in [1.29, 1.82) is 0 Å². The first-order valence-electron chi connectivity index (χ1n) is 8.10. The molecule has 3 unspecified atom stereocenters. The molecule has 0 saturated carbocycles. The Hall–Kier alpha value is -2.11. The molecule has 3 atom stereocenters. The number of benzene rings is 1. The molecule has 1 saturated heterocycles. The van der Waals surface area contributed by atoms with Gasteiger partial charge in [-0.25, -0.2) is 5.43 Å². The zero-order chi connectivity index (χ0) is 16.1. The normalized spacial score (nSPS) is 22.0. The van der Waals surface area contributed by atoms with Gasteiger partial charge in [0.1, 0.15) is 5.76 Å². The van der Waals surface area contributed by atoms with Crippen LogP contribution in [0.15, 0.2) is 53.1 Å². The van der Waals surface area contributed by atoms with Gasteiger partial charge in [-0.15, -0.1) is 0 Å². The first kappa shape index (κ1) is 15.8. The summed E-state index contributed by atoms with van der Waals surface area (Å²) in [7, 11) is 0. The summed E-state index contributed by atoms with van der Waals surface area (Å²) in [6.45, 7) is 2.67. The Kier molecular flexibility index (Phi) is 5.10. The van der Waals surface area contributed by atoms with Crippen LogP contribution in [0.25, 0.3) is 0 Å². The van der Waals surface area contributed by atoms with Crippen molar-refractivity contribution < 1.29 is 9.21 Å². The van der Waals surface area contributed by atoms with Crippen molar-refractivity contribution in [2.45, 2.75) is 31.8 Å². The van der Waals surface area contributed by atoms with Crippen LogP contribution in [0.1, 0.15) is 30.7 Å². The highest BCUT2D eigenvalue weighted by Gasteiger charge is 2.34. The summed E-state index contributed by atoms with van der Waals surface area (Å²) >= 11 is 0. The highest BCUT2D eigenvalue weighted by Crippen LogP contribution is 2.25. The number of carbonyl (C=O) groups excluding carboxylic acids is 1. The lowest BCUT2D eigenvalue weighted by atomic mass is 9.94. The van der Waals surface area contributed by atoms with E-state index in [1.807, 2.05) is 49.4 Å². The maximum atomic E-state index is 12.6. The van der Waals surface area contributed by atoms with Crippen molar-refractivity contribution in [3.05, 3.63) is 60.1 Å². The highest BCUT2D eigenvalue weighted by molar-refractivity contribution is 5.80. The van der Waals surface area contributed by atoms with Gasteiger partial charge in [0.25, 0.3) is 0 Å². The van der Waals surface area contributed by atoms with Gasteiger partial charge in [0.05, 0.1) is 18.2 Å². The predicted octanol–water partition coefficient (Wildman–Crippen LogP) is 2.18. The maximum absolute atomic E-state index is 12.6. The molecule has 1 aliphatic heterocycles. The monoisotopic (exact) mass is 313 g/mol. The van der Waals surface area contributed by atoms with Gasteiger partial charge in [-0.1, -0.05) is 30.3 Å². The fourth-order valence-electron chi connectivity index (χ4n) is 2.95. The minimum Gasteiger partial charge on any atom is -0.469 e. The fraction of sp³-hybridized carbons (Fsp3) is 0.389. The van der Waals surface area contributed by atoms with Crippen LogP contribution in [0.5, 0.6) is 0 Å². The zero-order valence-electron chi connectivity index (χ0n) is 13.3. The van der Waals surface area contributed by atoms with E-state index < -0.39 is 0 Å². The summed E-state index contributed by atoms with van der Waals surface area (Å²) in [5, 5.41) is 3.12. The Balaban J connectivity index is 1.54. The van der Waals surface area contributed by atoms with E-state index in [1.165, 1.54) is 0 Å². The molecule has 0 bridgehead atoms. The molecule has 5 heteroatoms. The van der Waals surface area contributed by atoms with Crippen molar-refractivity contribution in [2.75, 3.05) is 6.54 Å². The minimum atomic E-state index is -0.108. The molecule has 23 heavy (non-hydrogen) atoms. The minimum absolute atomic E-state index is 0.00785. The molecule has 2 aromatic rings. The zero-order valence-corrected chi connectivity index (χ0v) is 13.3. The number of nitrogens with one attached hydrogen (secondary N) is 3. The summed E-state index contributed by atoms with van der Waals surface area (Å²) in [6, 6.07) is 14.0. The van der Waals surface area contributed by atoms with E-state index in [0.29, 0.717) is 6.54 Å². The molecule has 0 radical (unpaired) electrons. The number of hydrogen-bond donors (Lipinski definition) is 3. The van der Waals surface area contributed by atoms with Crippen LogP contribution in [0.2, 0.25) is 0 Å².